The second-order valence-corrected chi connectivity index (χ2v) is 32.2. The number of hydrogen-bond donors (Lipinski definition) is 5. The molecule has 3 aromatic carbocycles. The normalized spacial score (nSPS) is 19.7. The Labute approximate surface area is 671 Å². The molecule has 634 valence electrons. The van der Waals surface area contributed by atoms with Gasteiger partial charge in [0.25, 0.3) is 0 Å². The van der Waals surface area contributed by atoms with Crippen LogP contribution in [0.2, 0.25) is 0 Å². The average molecular weight is 1590 g/mol. The van der Waals surface area contributed by atoms with Gasteiger partial charge in [0, 0.05) is 25.7 Å². The van der Waals surface area contributed by atoms with Crippen molar-refractivity contribution >= 4 is 43.5 Å². The van der Waals surface area contributed by atoms with Crippen molar-refractivity contribution in [3.8, 4) is 11.5 Å². The molecular formula is C89H144N3O19P. The van der Waals surface area contributed by atoms with Gasteiger partial charge in [0.05, 0.1) is 13.2 Å². The van der Waals surface area contributed by atoms with E-state index in [4.69, 9.17) is 46.7 Å². The summed E-state index contributed by atoms with van der Waals surface area (Å²) in [6.07, 6.45) is 30.8. The molecule has 3 aromatic rings. The smallest absolute Gasteiger partial charge is 0.459 e. The van der Waals surface area contributed by atoms with Crippen LogP contribution in [0.25, 0.3) is 0 Å². The SMILES string of the molecule is CCCCCCCCCCCCCC(=O)N[C@H]1[C@H](OC[C@H]2O[C@H](OCC(=O)OCc3ccccc3)[C@H](NC(=O)CCCCCCCCCCCCC)[C@@H](OC(=O)CCCCCCCCCCCCC)[C@@H]2O)O[C@H](CO)[C@@H](OP(=O)(Oc2ccccc2)Oc2ccccc2)[C@@H]1OC(=O)CNC(=O)CCCCCCCCCCC. The maximum atomic E-state index is 15.5. The third kappa shape index (κ3) is 42.6. The van der Waals surface area contributed by atoms with E-state index in [9.17, 15) is 39.0 Å². The van der Waals surface area contributed by atoms with Crippen LogP contribution in [0.3, 0.4) is 0 Å². The highest BCUT2D eigenvalue weighted by Gasteiger charge is 2.55. The van der Waals surface area contributed by atoms with Gasteiger partial charge in [-0.25, -0.2) is 9.36 Å². The lowest BCUT2D eigenvalue weighted by atomic mass is 9.95. The van der Waals surface area contributed by atoms with Crippen LogP contribution in [0, 0.1) is 0 Å². The van der Waals surface area contributed by atoms with Crippen molar-refractivity contribution in [3.63, 3.8) is 0 Å². The van der Waals surface area contributed by atoms with Crippen LogP contribution in [0.1, 0.15) is 329 Å². The lowest BCUT2D eigenvalue weighted by molar-refractivity contribution is -0.304. The molecule has 0 radical (unpaired) electrons. The van der Waals surface area contributed by atoms with Gasteiger partial charge in [-0.3, -0.25) is 28.5 Å². The van der Waals surface area contributed by atoms with Crippen LogP contribution in [-0.2, 0) is 77.6 Å². The summed E-state index contributed by atoms with van der Waals surface area (Å²) in [7, 11) is -4.98. The molecule has 0 bridgehead atoms. The summed E-state index contributed by atoms with van der Waals surface area (Å²) in [5.41, 5.74) is 0.718. The number of benzene rings is 3. The number of carbonyl (C=O) groups is 6. The molecule has 0 spiro atoms. The van der Waals surface area contributed by atoms with Gasteiger partial charge in [-0.15, -0.1) is 0 Å². The highest BCUT2D eigenvalue weighted by molar-refractivity contribution is 7.49. The first-order chi connectivity index (χ1) is 54.7. The number of phosphoric ester groups is 1. The molecule has 23 heteroatoms. The fourth-order valence-corrected chi connectivity index (χ4v) is 15.7. The van der Waals surface area contributed by atoms with E-state index >= 15 is 4.57 Å². The molecule has 3 amide bonds. The topological polar surface area (TPSA) is 288 Å². The number of rotatable bonds is 67. The molecule has 5 N–H and O–H groups in total. The largest absolute Gasteiger partial charge is 0.588 e. The van der Waals surface area contributed by atoms with Crippen LogP contribution in [0.4, 0.5) is 0 Å². The van der Waals surface area contributed by atoms with E-state index in [1.165, 1.54) is 153 Å². The lowest BCUT2D eigenvalue weighted by Crippen LogP contribution is -2.68. The molecule has 112 heavy (non-hydrogen) atoms. The van der Waals surface area contributed by atoms with Gasteiger partial charge in [0.1, 0.15) is 67.8 Å². The van der Waals surface area contributed by atoms with Gasteiger partial charge in [-0.1, -0.05) is 338 Å². The van der Waals surface area contributed by atoms with Crippen molar-refractivity contribution in [1.82, 2.24) is 16.0 Å². The Morgan fingerprint density at radius 3 is 1.18 bits per heavy atom. The first-order valence-electron chi connectivity index (χ1n) is 43.7. The monoisotopic (exact) mass is 1590 g/mol. The van der Waals surface area contributed by atoms with Crippen LogP contribution >= 0.6 is 7.82 Å². The Balaban J connectivity index is 1.50. The first kappa shape index (κ1) is 96.6. The Bertz CT molecular complexity index is 2930. The Hall–Kier alpha value is -5.97. The maximum absolute atomic E-state index is 15.5. The minimum atomic E-state index is -4.98. The summed E-state index contributed by atoms with van der Waals surface area (Å²) in [5.74, 6) is -3.70. The molecule has 2 aliphatic rings. The first-order valence-corrected chi connectivity index (χ1v) is 45.2. The van der Waals surface area contributed by atoms with Gasteiger partial charge in [0.15, 0.2) is 24.8 Å². The number of unbranched alkanes of at least 4 members (excludes halogenated alkanes) is 38. The van der Waals surface area contributed by atoms with Crippen LogP contribution in [-0.4, -0.2) is 133 Å². The third-order valence-corrected chi connectivity index (χ3v) is 22.2. The lowest BCUT2D eigenvalue weighted by Gasteiger charge is -2.47. The standard InChI is InChI=1S/C89H144N3O19P/c1-5-9-13-17-21-25-28-32-36-40-53-63-77(95)91-82-86(107-79(97)65-55-42-38-34-30-27-23-19-15-11-7-3)84(100)75(106-88(82)104-70-81(99)102-68-71-56-46-43-47-57-71)69-103-89-83(92-78(96)64-54-41-37-33-29-26-22-18-14-10-6-2)87(108-80(98)66-90-76(94)62-52-39-35-31-24-20-16-12-8-4)85(74(67-93)105-89)111-112(101,109-72-58-48-44-49-59-72)110-73-60-50-45-51-61-73/h43-51,56-61,74-75,82-89,93,100H,5-42,52-55,62-70H2,1-4H3,(H,90,94)(H,91,95)(H,92,96)/t74-,75-,82-,83-,84-,85-,86-,87-,88+,89-/m1/s1. The predicted molar refractivity (Wildman–Crippen MR) is 437 cm³/mol. The van der Waals surface area contributed by atoms with Crippen molar-refractivity contribution in [1.29, 1.82) is 0 Å². The average Bonchev–Trinajstić information content (AvgIpc) is 0.778. The van der Waals surface area contributed by atoms with Crippen molar-refractivity contribution < 1.29 is 90.3 Å². The van der Waals surface area contributed by atoms with Crippen LogP contribution < -0.4 is 25.0 Å². The van der Waals surface area contributed by atoms with Gasteiger partial charge < -0.3 is 68.4 Å². The van der Waals surface area contributed by atoms with E-state index in [1.807, 2.05) is 18.2 Å². The zero-order valence-electron chi connectivity index (χ0n) is 68.8. The zero-order chi connectivity index (χ0) is 80.3. The summed E-state index contributed by atoms with van der Waals surface area (Å²) < 4.78 is 78.5. The fourth-order valence-electron chi connectivity index (χ4n) is 14.3. The molecule has 2 fully saturated rings. The molecule has 5 rings (SSSR count). The number of carbonyl (C=O) groups excluding carboxylic acids is 6. The van der Waals surface area contributed by atoms with E-state index in [1.54, 1.807) is 48.5 Å². The maximum Gasteiger partial charge on any atom is 0.588 e. The fraction of sp³-hybridized carbons (Fsp3) is 0.730. The quantitative estimate of drug-likeness (QED) is 0.0152. The molecule has 0 saturated carbocycles. The Morgan fingerprint density at radius 2 is 0.759 bits per heavy atom. The molecular weight excluding hydrogens is 1450 g/mol. The minimum absolute atomic E-state index is 0.00659. The number of phosphoric acid groups is 1. The van der Waals surface area contributed by atoms with Crippen LogP contribution in [0.15, 0.2) is 91.0 Å². The number of aliphatic hydroxyl groups excluding tert-OH is 2. The van der Waals surface area contributed by atoms with E-state index in [-0.39, 0.29) is 43.8 Å². The Morgan fingerprint density at radius 1 is 0.402 bits per heavy atom. The number of aliphatic hydroxyl groups is 2. The van der Waals surface area contributed by atoms with E-state index in [0.29, 0.717) is 25.7 Å². The van der Waals surface area contributed by atoms with E-state index in [0.717, 1.165) is 121 Å². The van der Waals surface area contributed by atoms with Crippen molar-refractivity contribution in [2.24, 2.45) is 0 Å². The van der Waals surface area contributed by atoms with Crippen molar-refractivity contribution in [2.75, 3.05) is 26.4 Å². The molecule has 10 atom stereocenters. The van der Waals surface area contributed by atoms with Gasteiger partial charge in [0.2, 0.25) is 17.7 Å². The summed E-state index contributed by atoms with van der Waals surface area (Å²) in [6.45, 7) is 5.79. The molecule has 0 unspecified atom stereocenters. The van der Waals surface area contributed by atoms with Gasteiger partial charge in [-0.2, -0.15) is 0 Å². The van der Waals surface area contributed by atoms with Crippen molar-refractivity contribution in [3.05, 3.63) is 96.6 Å². The third-order valence-electron chi connectivity index (χ3n) is 20.8. The molecule has 2 aliphatic heterocycles. The zero-order valence-corrected chi connectivity index (χ0v) is 69.7. The number of nitrogens with one attached hydrogen (secondary N) is 3. The summed E-state index contributed by atoms with van der Waals surface area (Å²) in [5, 5.41) is 32.9. The number of amides is 3. The van der Waals surface area contributed by atoms with Gasteiger partial charge in [-0.05, 0) is 55.5 Å². The number of ether oxygens (including phenoxy) is 7. The molecule has 22 nitrogen and oxygen atoms in total. The molecule has 2 saturated heterocycles. The summed E-state index contributed by atoms with van der Waals surface area (Å²) in [6, 6.07) is 22.2. The van der Waals surface area contributed by atoms with Crippen LogP contribution in [0.5, 0.6) is 11.5 Å². The number of esters is 3. The minimum Gasteiger partial charge on any atom is -0.459 e. The summed E-state index contributed by atoms with van der Waals surface area (Å²) in [4.78, 5) is 84.9. The van der Waals surface area contributed by atoms with Gasteiger partial charge >= 0.3 is 25.7 Å². The number of hydrogen-bond acceptors (Lipinski definition) is 19. The highest BCUT2D eigenvalue weighted by Crippen LogP contribution is 2.52. The number of para-hydroxylation sites is 2. The molecule has 0 aliphatic carbocycles. The second kappa shape index (κ2) is 61.4. The summed E-state index contributed by atoms with van der Waals surface area (Å²) >= 11 is 0. The second-order valence-electron chi connectivity index (χ2n) is 30.7. The molecule has 0 aromatic heterocycles. The van der Waals surface area contributed by atoms with Crippen molar-refractivity contribution in [2.45, 2.75) is 391 Å². The predicted octanol–water partition coefficient (Wildman–Crippen LogP) is 19.2. The van der Waals surface area contributed by atoms with E-state index < -0.39 is 131 Å². The molecule has 2 heterocycles. The van der Waals surface area contributed by atoms with E-state index in [2.05, 4.69) is 43.6 Å². The highest BCUT2D eigenvalue weighted by atomic mass is 31.2. The Kier molecular flexibility index (Phi) is 53.0.